The number of hydrogen-bond acceptors (Lipinski definition) is 9. The largest absolute Gasteiger partial charge is 0.497 e. The number of thiol groups is 1. The van der Waals surface area contributed by atoms with E-state index >= 15 is 0 Å². The zero-order valence-corrected chi connectivity index (χ0v) is 28.9. The smallest absolute Gasteiger partial charge is 0.239 e. The van der Waals surface area contributed by atoms with Crippen LogP contribution in [0, 0.1) is 0 Å². The molecule has 2 atom stereocenters. The van der Waals surface area contributed by atoms with E-state index in [0.717, 1.165) is 36.4 Å². The molecule has 1 aromatic carbocycles. The monoisotopic (exact) mass is 628 g/mol. The van der Waals surface area contributed by atoms with Crippen LogP contribution >= 0.6 is 12.6 Å². The summed E-state index contributed by atoms with van der Waals surface area (Å²) in [6.07, 6.45) is 16.5. The predicted octanol–water partition coefficient (Wildman–Crippen LogP) is 5.11. The van der Waals surface area contributed by atoms with E-state index in [1.807, 2.05) is 44.3 Å². The number of dihydropyridines is 1. The Morgan fingerprint density at radius 1 is 1.23 bits per heavy atom. The number of nitrogens with one attached hydrogen (secondary N) is 2. The first-order chi connectivity index (χ1) is 21.4. The molecule has 4 aliphatic heterocycles. The van der Waals surface area contributed by atoms with Gasteiger partial charge < -0.3 is 15.4 Å². The number of nitrogens with zero attached hydrogens (tertiary/aromatic N) is 4. The van der Waals surface area contributed by atoms with Gasteiger partial charge in [-0.1, -0.05) is 26.0 Å². The number of likely N-dealkylation sites (tertiary alicyclic amines) is 1. The number of hydroxylamine groups is 2. The molecule has 1 saturated heterocycles. The van der Waals surface area contributed by atoms with Crippen LogP contribution in [0.25, 0.3) is 0 Å². The van der Waals surface area contributed by atoms with Crippen LogP contribution in [-0.2, 0) is 22.8 Å². The average molecular weight is 629 g/mol. The van der Waals surface area contributed by atoms with Crippen LogP contribution < -0.4 is 15.4 Å². The molecule has 0 saturated carbocycles. The molecule has 4 heterocycles. The number of likely N-dealkylation sites (N-methyl/N-ethyl adjacent to an activating group) is 2. The zero-order valence-electron chi connectivity index (χ0n) is 28.0. The Balaban J connectivity index is 0.000000277. The Kier molecular flexibility index (Phi) is 17.3. The molecule has 2 unspecified atom stereocenters. The molecular formula is C34H56N6O3S. The number of benzene rings is 1. The highest BCUT2D eigenvalue weighted by Crippen LogP contribution is 2.27. The summed E-state index contributed by atoms with van der Waals surface area (Å²) < 4.78 is 5.26. The van der Waals surface area contributed by atoms with Crippen LogP contribution in [0.2, 0.25) is 0 Å². The fourth-order valence-corrected chi connectivity index (χ4v) is 5.50. The minimum absolute atomic E-state index is 0.0387. The molecule has 0 radical (unpaired) electrons. The van der Waals surface area contributed by atoms with Crippen molar-refractivity contribution in [3.8, 4) is 5.75 Å². The van der Waals surface area contributed by atoms with Gasteiger partial charge in [0.1, 0.15) is 11.8 Å². The number of hydrogen-bond donors (Lipinski definition) is 3. The highest BCUT2D eigenvalue weighted by molar-refractivity contribution is 7.79. The molecule has 0 aromatic heterocycles. The van der Waals surface area contributed by atoms with Crippen molar-refractivity contribution in [1.29, 1.82) is 0 Å². The van der Waals surface area contributed by atoms with Crippen LogP contribution in [0.5, 0.6) is 5.75 Å². The summed E-state index contributed by atoms with van der Waals surface area (Å²) >= 11 is 3.53. The van der Waals surface area contributed by atoms with Crippen LogP contribution in [0.3, 0.4) is 0 Å². The van der Waals surface area contributed by atoms with E-state index in [4.69, 9.17) is 9.57 Å². The zero-order chi connectivity index (χ0) is 32.5. The van der Waals surface area contributed by atoms with Crippen molar-refractivity contribution in [2.24, 2.45) is 0 Å². The van der Waals surface area contributed by atoms with Crippen LogP contribution in [0.15, 0.2) is 66.7 Å². The summed E-state index contributed by atoms with van der Waals surface area (Å²) in [4.78, 5) is 20.4. The second kappa shape index (κ2) is 20.3. The third kappa shape index (κ3) is 11.0. The van der Waals surface area contributed by atoms with E-state index in [1.165, 1.54) is 37.2 Å². The SMILES string of the molecule is C=CCCC(C(=O)NC)N1Cc2cc(OC)ccc2CO1.CC.CC1C=C(N2C=C(CN3CCCC3)CN2C)C=CN1.CS. The van der Waals surface area contributed by atoms with E-state index in [0.29, 0.717) is 25.6 Å². The summed E-state index contributed by atoms with van der Waals surface area (Å²) in [7, 11) is 5.45. The number of ether oxygens (including phenoxy) is 1. The van der Waals surface area contributed by atoms with Gasteiger partial charge in [0.25, 0.3) is 0 Å². The fourth-order valence-electron chi connectivity index (χ4n) is 5.50. The number of fused-ring (bicyclic) bond motifs is 1. The van der Waals surface area contributed by atoms with Gasteiger partial charge in [-0.2, -0.15) is 17.7 Å². The summed E-state index contributed by atoms with van der Waals surface area (Å²) in [5, 5.41) is 12.3. The van der Waals surface area contributed by atoms with Crippen LogP contribution in [0.4, 0.5) is 0 Å². The molecule has 5 rings (SSSR count). The van der Waals surface area contributed by atoms with Crippen molar-refractivity contribution in [1.82, 2.24) is 30.6 Å². The lowest BCUT2D eigenvalue weighted by Gasteiger charge is -2.33. The standard InChI is InChI=1S/C16H22N2O3.C15H24N4.C2H6.CH4S/c1-4-5-6-15(16(19)17-2)18-10-13-9-14(20-3)8-7-12(13)11-21-18;1-13-9-15(5-6-16-13)19-12-14(10-17(19)2)11-18-7-3-4-8-18;2*1-2/h4,7-9,15H,1,5-6,10-11H2,2-3H3,(H,17,19);5-6,9,12-13,16H,3-4,7-8,10-11H2,1-2H3;1-2H3;2H,1H3. The molecule has 1 aromatic rings. The Hall–Kier alpha value is -2.76. The first-order valence-electron chi connectivity index (χ1n) is 15.8. The number of carbonyl (C=O) groups excluding carboxylic acids is 1. The van der Waals surface area contributed by atoms with Gasteiger partial charge in [0.05, 0.1) is 26.0 Å². The van der Waals surface area contributed by atoms with Gasteiger partial charge in [-0.3, -0.25) is 19.5 Å². The number of hydrazine groups is 1. The Labute approximate surface area is 271 Å². The number of carbonyl (C=O) groups is 1. The van der Waals surface area contributed by atoms with E-state index in [1.54, 1.807) is 25.5 Å². The first kappa shape index (κ1) is 37.4. The van der Waals surface area contributed by atoms with Gasteiger partial charge >= 0.3 is 0 Å². The highest BCUT2D eigenvalue weighted by Gasteiger charge is 2.29. The normalized spacial score (nSPS) is 20.2. The van der Waals surface area contributed by atoms with Crippen molar-refractivity contribution >= 4 is 18.5 Å². The topological polar surface area (TPSA) is 72.6 Å². The summed E-state index contributed by atoms with van der Waals surface area (Å²) in [5.74, 6) is 0.779. The maximum Gasteiger partial charge on any atom is 0.239 e. The Bertz CT molecular complexity index is 1120. The summed E-state index contributed by atoms with van der Waals surface area (Å²) in [6.45, 7) is 15.6. The third-order valence-corrected chi connectivity index (χ3v) is 7.69. The fraction of sp³-hybridized carbons (Fsp3) is 0.559. The molecule has 2 N–H and O–H groups in total. The molecule has 44 heavy (non-hydrogen) atoms. The lowest BCUT2D eigenvalue weighted by Crippen LogP contribution is -2.46. The Morgan fingerprint density at radius 3 is 2.59 bits per heavy atom. The van der Waals surface area contributed by atoms with Gasteiger partial charge in [0.15, 0.2) is 0 Å². The average Bonchev–Trinajstić information content (AvgIpc) is 3.72. The van der Waals surface area contributed by atoms with Gasteiger partial charge in [-0.15, -0.1) is 6.58 Å². The molecule has 246 valence electrons. The first-order valence-corrected chi connectivity index (χ1v) is 16.7. The minimum atomic E-state index is -0.313. The lowest BCUT2D eigenvalue weighted by molar-refractivity contribution is -0.214. The second-order valence-electron chi connectivity index (χ2n) is 10.8. The van der Waals surface area contributed by atoms with Gasteiger partial charge in [0, 0.05) is 39.4 Å². The maximum absolute atomic E-state index is 12.1. The third-order valence-electron chi connectivity index (χ3n) is 7.69. The molecular weight excluding hydrogens is 572 g/mol. The maximum atomic E-state index is 12.1. The summed E-state index contributed by atoms with van der Waals surface area (Å²) in [5.41, 5.74) is 5.05. The summed E-state index contributed by atoms with van der Waals surface area (Å²) in [6, 6.07) is 6.02. The van der Waals surface area contributed by atoms with Crippen LogP contribution in [0.1, 0.15) is 57.6 Å². The van der Waals surface area contributed by atoms with Crippen molar-refractivity contribution in [3.05, 3.63) is 77.8 Å². The molecule has 0 bridgehead atoms. The predicted molar refractivity (Wildman–Crippen MR) is 185 cm³/mol. The number of amides is 1. The number of rotatable bonds is 9. The molecule has 0 spiro atoms. The van der Waals surface area contributed by atoms with E-state index < -0.39 is 0 Å². The molecule has 1 amide bonds. The Morgan fingerprint density at radius 2 is 1.95 bits per heavy atom. The molecule has 10 heteroatoms. The lowest BCUT2D eigenvalue weighted by atomic mass is 10.0. The van der Waals surface area contributed by atoms with Crippen molar-refractivity contribution in [3.63, 3.8) is 0 Å². The quantitative estimate of drug-likeness (QED) is 0.258. The van der Waals surface area contributed by atoms with Crippen molar-refractivity contribution in [2.45, 2.75) is 71.7 Å². The molecule has 4 aliphatic rings. The number of allylic oxidation sites excluding steroid dienone is 2. The van der Waals surface area contributed by atoms with E-state index in [-0.39, 0.29) is 11.9 Å². The molecule has 0 aliphatic carbocycles. The van der Waals surface area contributed by atoms with E-state index in [2.05, 4.69) is 77.1 Å². The van der Waals surface area contributed by atoms with Gasteiger partial charge in [0.2, 0.25) is 5.91 Å². The van der Waals surface area contributed by atoms with Gasteiger partial charge in [-0.05, 0) is 99.1 Å². The molecule has 1 fully saturated rings. The second-order valence-corrected chi connectivity index (χ2v) is 10.8. The minimum Gasteiger partial charge on any atom is -0.497 e. The van der Waals surface area contributed by atoms with Crippen LogP contribution in [-0.4, -0.2) is 91.6 Å². The molecule has 9 nitrogen and oxygen atoms in total. The highest BCUT2D eigenvalue weighted by atomic mass is 32.1. The van der Waals surface area contributed by atoms with Crippen molar-refractivity contribution in [2.75, 3.05) is 53.6 Å². The van der Waals surface area contributed by atoms with Crippen molar-refractivity contribution < 1.29 is 14.4 Å². The number of methoxy groups -OCH3 is 1. The van der Waals surface area contributed by atoms with E-state index in [9.17, 15) is 4.79 Å². The van der Waals surface area contributed by atoms with Gasteiger partial charge in [-0.25, -0.2) is 5.01 Å².